The number of nitrogens with zero attached hydrogens (tertiary/aromatic N) is 2. The van der Waals surface area contributed by atoms with E-state index in [0.717, 1.165) is 0 Å². The van der Waals surface area contributed by atoms with Crippen LogP contribution in [0.5, 0.6) is 0 Å². The topological polar surface area (TPSA) is 6.48 Å². The Kier molecular flexibility index (Phi) is 2.93. The van der Waals surface area contributed by atoms with Crippen LogP contribution in [0.25, 0.3) is 0 Å². The van der Waals surface area contributed by atoms with E-state index < -0.39 is 0 Å². The Bertz CT molecular complexity index is 374. The zero-order valence-corrected chi connectivity index (χ0v) is 11.4. The number of benzene rings is 1. The monoisotopic (exact) mass is 282 g/mol. The third-order valence-corrected chi connectivity index (χ3v) is 6.50. The molecule has 1 unspecified atom stereocenters. The number of para-hydroxylation sites is 1. The number of hydrogen-bond acceptors (Lipinski definition) is 2. The van der Waals surface area contributed by atoms with Gasteiger partial charge in [-0.1, -0.05) is 0 Å². The SMILES string of the molecule is CN1c2ccccc2[Se]C1N1CCCCC1. The van der Waals surface area contributed by atoms with Crippen LogP contribution in [-0.4, -0.2) is 45.1 Å². The molecule has 1 saturated heterocycles. The molecule has 1 atom stereocenters. The Labute approximate surface area is 104 Å². The molecule has 0 N–H and O–H groups in total. The van der Waals surface area contributed by atoms with E-state index in [1.165, 1.54) is 38.0 Å². The molecule has 86 valence electrons. The summed E-state index contributed by atoms with van der Waals surface area (Å²) in [5, 5.41) is 0.671. The van der Waals surface area contributed by atoms with Crippen molar-refractivity contribution in [3.63, 3.8) is 0 Å². The van der Waals surface area contributed by atoms with Gasteiger partial charge >= 0.3 is 104 Å². The molecule has 0 aliphatic carbocycles. The summed E-state index contributed by atoms with van der Waals surface area (Å²) in [6.45, 7) is 2.59. The van der Waals surface area contributed by atoms with E-state index >= 15 is 0 Å². The molecule has 1 fully saturated rings. The molecule has 0 aromatic heterocycles. The van der Waals surface area contributed by atoms with Crippen molar-refractivity contribution in [3.05, 3.63) is 24.3 Å². The molecule has 2 aliphatic rings. The molecule has 3 heteroatoms. The molecule has 0 amide bonds. The molecule has 0 bridgehead atoms. The Hall–Kier alpha value is -0.501. The maximum atomic E-state index is 2.68. The van der Waals surface area contributed by atoms with Gasteiger partial charge in [0.1, 0.15) is 0 Å². The minimum absolute atomic E-state index is 0.600. The summed E-state index contributed by atoms with van der Waals surface area (Å²) >= 11 is 0.600. The summed E-state index contributed by atoms with van der Waals surface area (Å²) in [5.74, 6) is 0. The molecule has 0 radical (unpaired) electrons. The van der Waals surface area contributed by atoms with Gasteiger partial charge in [0, 0.05) is 0 Å². The number of rotatable bonds is 1. The Morgan fingerprint density at radius 1 is 1.12 bits per heavy atom. The second kappa shape index (κ2) is 4.40. The normalized spacial score (nSPS) is 25.8. The van der Waals surface area contributed by atoms with Crippen LogP contribution in [0.3, 0.4) is 0 Å². The Morgan fingerprint density at radius 3 is 2.62 bits per heavy atom. The van der Waals surface area contributed by atoms with E-state index in [0.29, 0.717) is 20.0 Å². The molecular formula is C13H18N2Se. The summed E-state index contributed by atoms with van der Waals surface area (Å²) < 4.78 is 1.58. The van der Waals surface area contributed by atoms with E-state index in [2.05, 4.69) is 41.1 Å². The Balaban J connectivity index is 1.80. The molecule has 0 spiro atoms. The van der Waals surface area contributed by atoms with E-state index in [4.69, 9.17) is 0 Å². The van der Waals surface area contributed by atoms with Crippen molar-refractivity contribution in [2.75, 3.05) is 25.0 Å². The third-order valence-electron chi connectivity index (χ3n) is 3.51. The van der Waals surface area contributed by atoms with Crippen molar-refractivity contribution < 1.29 is 0 Å². The fourth-order valence-electron chi connectivity index (χ4n) is 2.62. The van der Waals surface area contributed by atoms with Crippen molar-refractivity contribution in [3.8, 4) is 0 Å². The molecule has 1 aromatic rings. The predicted molar refractivity (Wildman–Crippen MR) is 69.4 cm³/mol. The molecular weight excluding hydrogens is 263 g/mol. The van der Waals surface area contributed by atoms with Gasteiger partial charge in [0.05, 0.1) is 0 Å². The number of likely N-dealkylation sites (tertiary alicyclic amines) is 1. The molecule has 0 saturated carbocycles. The summed E-state index contributed by atoms with van der Waals surface area (Å²) in [4.78, 5) is 5.17. The predicted octanol–water partition coefficient (Wildman–Crippen LogP) is 1.24. The van der Waals surface area contributed by atoms with Gasteiger partial charge in [0.25, 0.3) is 0 Å². The second-order valence-electron chi connectivity index (χ2n) is 4.62. The van der Waals surface area contributed by atoms with Gasteiger partial charge in [-0.05, 0) is 0 Å². The van der Waals surface area contributed by atoms with Crippen LogP contribution in [0, 0.1) is 0 Å². The number of anilines is 1. The fraction of sp³-hybridized carbons (Fsp3) is 0.538. The maximum absolute atomic E-state index is 2.68. The van der Waals surface area contributed by atoms with Crippen molar-refractivity contribution in [2.45, 2.75) is 24.3 Å². The van der Waals surface area contributed by atoms with Crippen LogP contribution < -0.4 is 9.36 Å². The quantitative estimate of drug-likeness (QED) is 0.715. The number of fused-ring (bicyclic) bond motifs is 1. The number of hydrogen-bond donors (Lipinski definition) is 0. The van der Waals surface area contributed by atoms with E-state index in [1.54, 1.807) is 4.46 Å². The fourth-order valence-corrected chi connectivity index (χ4v) is 5.45. The summed E-state index contributed by atoms with van der Waals surface area (Å²) in [5.41, 5.74) is 1.46. The van der Waals surface area contributed by atoms with Crippen LogP contribution in [0.15, 0.2) is 24.3 Å². The van der Waals surface area contributed by atoms with Gasteiger partial charge in [0.2, 0.25) is 0 Å². The van der Waals surface area contributed by atoms with Crippen LogP contribution in [0.4, 0.5) is 5.69 Å². The van der Waals surface area contributed by atoms with Crippen molar-refractivity contribution in [1.29, 1.82) is 0 Å². The van der Waals surface area contributed by atoms with Crippen LogP contribution in [-0.2, 0) is 0 Å². The minimum atomic E-state index is 0.600. The summed E-state index contributed by atoms with van der Waals surface area (Å²) in [7, 11) is 2.26. The molecule has 2 heterocycles. The first kappa shape index (κ1) is 10.6. The van der Waals surface area contributed by atoms with Crippen molar-refractivity contribution in [2.24, 2.45) is 0 Å². The zero-order chi connectivity index (χ0) is 11.0. The molecule has 16 heavy (non-hydrogen) atoms. The average Bonchev–Trinajstić information content (AvgIpc) is 2.69. The van der Waals surface area contributed by atoms with E-state index in [1.807, 2.05) is 0 Å². The van der Waals surface area contributed by atoms with Gasteiger partial charge in [-0.2, -0.15) is 0 Å². The van der Waals surface area contributed by atoms with Crippen LogP contribution in [0.2, 0.25) is 0 Å². The summed E-state index contributed by atoms with van der Waals surface area (Å²) in [6, 6.07) is 8.90. The molecule has 3 rings (SSSR count). The van der Waals surface area contributed by atoms with E-state index in [-0.39, 0.29) is 0 Å². The molecule has 2 nitrogen and oxygen atoms in total. The third kappa shape index (κ3) is 1.77. The standard InChI is InChI=1S/C13H18N2Se/c1-14-11-7-3-4-8-12(11)16-13(14)15-9-5-2-6-10-15/h3-4,7-8,13H,2,5-6,9-10H2,1H3. The summed E-state index contributed by atoms with van der Waals surface area (Å²) in [6.07, 6.45) is 4.19. The first-order valence-electron chi connectivity index (χ1n) is 6.09. The zero-order valence-electron chi connectivity index (χ0n) is 9.72. The van der Waals surface area contributed by atoms with Gasteiger partial charge in [-0.15, -0.1) is 0 Å². The van der Waals surface area contributed by atoms with Crippen LogP contribution >= 0.6 is 0 Å². The van der Waals surface area contributed by atoms with E-state index in [9.17, 15) is 0 Å². The van der Waals surface area contributed by atoms with Gasteiger partial charge in [0.15, 0.2) is 0 Å². The first-order valence-corrected chi connectivity index (χ1v) is 7.93. The molecule has 2 aliphatic heterocycles. The van der Waals surface area contributed by atoms with Gasteiger partial charge in [-0.25, -0.2) is 0 Å². The van der Waals surface area contributed by atoms with Crippen molar-refractivity contribution >= 4 is 25.1 Å². The van der Waals surface area contributed by atoms with Crippen LogP contribution in [0.1, 0.15) is 19.3 Å². The number of piperidine rings is 1. The van der Waals surface area contributed by atoms with Crippen molar-refractivity contribution in [1.82, 2.24) is 4.90 Å². The second-order valence-corrected chi connectivity index (χ2v) is 6.92. The molecule has 1 aromatic carbocycles. The van der Waals surface area contributed by atoms with Gasteiger partial charge < -0.3 is 0 Å². The Morgan fingerprint density at radius 2 is 1.88 bits per heavy atom. The average molecular weight is 281 g/mol. The van der Waals surface area contributed by atoms with Gasteiger partial charge in [-0.3, -0.25) is 0 Å². The first-order chi connectivity index (χ1) is 7.86.